The molecule has 2 rings (SSSR count). The quantitative estimate of drug-likeness (QED) is 0.752. The summed E-state index contributed by atoms with van der Waals surface area (Å²) >= 11 is 5.18. The van der Waals surface area contributed by atoms with Crippen molar-refractivity contribution in [3.63, 3.8) is 0 Å². The van der Waals surface area contributed by atoms with E-state index >= 15 is 0 Å². The average Bonchev–Trinajstić information content (AvgIpc) is 2.87. The molecule has 78 valence electrons. The van der Waals surface area contributed by atoms with E-state index in [1.165, 1.54) is 19.3 Å². The lowest BCUT2D eigenvalue weighted by Gasteiger charge is -2.15. The molecule has 2 N–H and O–H groups in total. The minimum Gasteiger partial charge on any atom is -0.390 e. The van der Waals surface area contributed by atoms with Crippen LogP contribution in [-0.4, -0.2) is 14.7 Å². The molecule has 1 aromatic heterocycles. The third kappa shape index (κ3) is 1.91. The number of rotatable bonds is 4. The minimum absolute atomic E-state index is 0.0577. The Morgan fingerprint density at radius 3 is 3.00 bits per heavy atom. The zero-order valence-corrected chi connectivity index (χ0v) is 9.18. The summed E-state index contributed by atoms with van der Waals surface area (Å²) in [5.74, 6) is 0.883. The van der Waals surface area contributed by atoms with Gasteiger partial charge >= 0.3 is 0 Å². The highest BCUT2D eigenvalue weighted by Crippen LogP contribution is 2.37. The average molecular weight is 212 g/mol. The van der Waals surface area contributed by atoms with E-state index in [0.29, 0.717) is 6.04 Å². The summed E-state index contributed by atoms with van der Waals surface area (Å²) in [6.45, 7) is 2.23. The maximum Gasteiger partial charge on any atom is 0.177 e. The number of nitrogens with one attached hydrogen (secondary N) is 1. The molecule has 3 nitrogen and oxygen atoms in total. The number of hydrogen-bond donors (Lipinski definition) is 2. The normalized spacial score (nSPS) is 18.4. The van der Waals surface area contributed by atoms with Crippen molar-refractivity contribution in [1.82, 2.24) is 9.55 Å². The molecular formula is C10H16N2OS. The molecule has 1 aliphatic carbocycles. The van der Waals surface area contributed by atoms with Crippen molar-refractivity contribution >= 4 is 12.2 Å². The summed E-state index contributed by atoms with van der Waals surface area (Å²) in [5, 5.41) is 9.14. The first-order valence-corrected chi connectivity index (χ1v) is 5.53. The van der Waals surface area contributed by atoms with Crippen LogP contribution < -0.4 is 0 Å². The van der Waals surface area contributed by atoms with Crippen molar-refractivity contribution in [2.75, 3.05) is 0 Å². The highest BCUT2D eigenvalue weighted by atomic mass is 32.1. The number of aliphatic hydroxyl groups excluding tert-OH is 1. The van der Waals surface area contributed by atoms with Gasteiger partial charge in [-0.3, -0.25) is 0 Å². The van der Waals surface area contributed by atoms with E-state index in [2.05, 4.69) is 11.9 Å². The van der Waals surface area contributed by atoms with Gasteiger partial charge in [-0.05, 0) is 31.5 Å². The summed E-state index contributed by atoms with van der Waals surface area (Å²) in [6, 6.07) is 0.406. The molecule has 1 unspecified atom stereocenters. The summed E-state index contributed by atoms with van der Waals surface area (Å²) < 4.78 is 2.76. The van der Waals surface area contributed by atoms with Crippen LogP contribution in [0.1, 0.15) is 37.9 Å². The molecule has 0 spiro atoms. The number of aromatic amines is 1. The molecule has 14 heavy (non-hydrogen) atoms. The number of aromatic nitrogens is 2. The molecule has 1 saturated carbocycles. The first-order valence-electron chi connectivity index (χ1n) is 5.12. The van der Waals surface area contributed by atoms with Gasteiger partial charge in [-0.15, -0.1) is 0 Å². The lowest BCUT2D eigenvalue weighted by atomic mass is 10.1. The topological polar surface area (TPSA) is 41.0 Å². The van der Waals surface area contributed by atoms with Crippen molar-refractivity contribution in [3.8, 4) is 0 Å². The Kier molecular flexibility index (Phi) is 2.74. The van der Waals surface area contributed by atoms with Crippen LogP contribution in [0.15, 0.2) is 6.20 Å². The van der Waals surface area contributed by atoms with Gasteiger partial charge in [0.1, 0.15) is 0 Å². The number of H-pyrrole nitrogens is 1. The highest BCUT2D eigenvalue weighted by Gasteiger charge is 2.25. The van der Waals surface area contributed by atoms with Crippen LogP contribution >= 0.6 is 12.2 Å². The maximum absolute atomic E-state index is 9.14. The van der Waals surface area contributed by atoms with Gasteiger partial charge in [0.25, 0.3) is 0 Å². The molecule has 1 aliphatic rings. The molecule has 4 heteroatoms. The first-order chi connectivity index (χ1) is 6.72. The highest BCUT2D eigenvalue weighted by molar-refractivity contribution is 7.71. The molecule has 1 fully saturated rings. The number of hydrogen-bond acceptors (Lipinski definition) is 2. The van der Waals surface area contributed by atoms with Crippen LogP contribution in [0.5, 0.6) is 0 Å². The van der Waals surface area contributed by atoms with Gasteiger partial charge in [0.2, 0.25) is 0 Å². The fourth-order valence-corrected chi connectivity index (χ4v) is 2.32. The minimum atomic E-state index is 0.0577. The van der Waals surface area contributed by atoms with Crippen molar-refractivity contribution < 1.29 is 5.11 Å². The molecule has 1 heterocycles. The fraction of sp³-hybridized carbons (Fsp3) is 0.700. The van der Waals surface area contributed by atoms with E-state index in [4.69, 9.17) is 17.3 Å². The Labute approximate surface area is 88.8 Å². The third-order valence-corrected chi connectivity index (χ3v) is 3.18. The predicted octanol–water partition coefficient (Wildman–Crippen LogP) is 2.40. The first kappa shape index (κ1) is 9.93. The van der Waals surface area contributed by atoms with Crippen molar-refractivity contribution in [3.05, 3.63) is 16.7 Å². The van der Waals surface area contributed by atoms with Gasteiger partial charge in [0.05, 0.1) is 12.3 Å². The van der Waals surface area contributed by atoms with Gasteiger partial charge < -0.3 is 14.7 Å². The number of aliphatic hydroxyl groups is 1. The Hall–Kier alpha value is -0.610. The maximum atomic E-state index is 9.14. The molecule has 1 aromatic rings. The van der Waals surface area contributed by atoms with Crippen LogP contribution in [0.25, 0.3) is 0 Å². The van der Waals surface area contributed by atoms with Crippen molar-refractivity contribution in [2.24, 2.45) is 5.92 Å². The summed E-state index contributed by atoms with van der Waals surface area (Å²) in [6.07, 6.45) is 5.69. The molecule has 0 bridgehead atoms. The lowest BCUT2D eigenvalue weighted by molar-refractivity contribution is 0.265. The standard InChI is InChI=1S/C10H16N2OS/c1-7(4-8-2-3-8)12-9(6-13)5-11-10(12)14/h5,7-8,13H,2-4,6H2,1H3,(H,11,14). The fourth-order valence-electron chi connectivity index (χ4n) is 1.96. The molecule has 0 saturated heterocycles. The molecule has 0 aromatic carbocycles. The zero-order chi connectivity index (χ0) is 10.1. The second kappa shape index (κ2) is 3.87. The Morgan fingerprint density at radius 2 is 2.43 bits per heavy atom. The van der Waals surface area contributed by atoms with Gasteiger partial charge in [-0.1, -0.05) is 12.8 Å². The number of imidazole rings is 1. The van der Waals surface area contributed by atoms with Gasteiger partial charge in [-0.2, -0.15) is 0 Å². The van der Waals surface area contributed by atoms with Crippen molar-refractivity contribution in [2.45, 2.75) is 38.8 Å². The van der Waals surface area contributed by atoms with Crippen LogP contribution in [0.4, 0.5) is 0 Å². The predicted molar refractivity (Wildman–Crippen MR) is 57.6 cm³/mol. The monoisotopic (exact) mass is 212 g/mol. The van der Waals surface area contributed by atoms with Gasteiger partial charge in [0, 0.05) is 12.2 Å². The molecule has 0 aliphatic heterocycles. The van der Waals surface area contributed by atoms with Crippen LogP contribution in [-0.2, 0) is 6.61 Å². The van der Waals surface area contributed by atoms with Crippen LogP contribution in [0.3, 0.4) is 0 Å². The van der Waals surface area contributed by atoms with E-state index in [1.54, 1.807) is 6.20 Å². The summed E-state index contributed by atoms with van der Waals surface area (Å²) in [4.78, 5) is 2.98. The number of nitrogens with zero attached hydrogens (tertiary/aromatic N) is 1. The Bertz CT molecular complexity index is 364. The Balaban J connectivity index is 2.19. The van der Waals surface area contributed by atoms with E-state index < -0.39 is 0 Å². The SMILES string of the molecule is CC(CC1CC1)n1c(CO)c[nH]c1=S. The van der Waals surface area contributed by atoms with Gasteiger partial charge in [0.15, 0.2) is 4.77 Å². The Morgan fingerprint density at radius 1 is 1.71 bits per heavy atom. The van der Waals surface area contributed by atoms with Crippen molar-refractivity contribution in [1.29, 1.82) is 0 Å². The largest absolute Gasteiger partial charge is 0.390 e. The second-order valence-electron chi connectivity index (χ2n) is 4.14. The summed E-state index contributed by atoms with van der Waals surface area (Å²) in [7, 11) is 0. The third-order valence-electron chi connectivity index (χ3n) is 2.86. The van der Waals surface area contributed by atoms with E-state index in [1.807, 2.05) is 4.57 Å². The molecule has 0 radical (unpaired) electrons. The molecule has 1 atom stereocenters. The second-order valence-corrected chi connectivity index (χ2v) is 4.53. The smallest absolute Gasteiger partial charge is 0.177 e. The van der Waals surface area contributed by atoms with E-state index in [-0.39, 0.29) is 6.61 Å². The lowest BCUT2D eigenvalue weighted by Crippen LogP contribution is -2.09. The molecule has 0 amide bonds. The van der Waals surface area contributed by atoms with E-state index in [0.717, 1.165) is 16.4 Å². The molecular weight excluding hydrogens is 196 g/mol. The zero-order valence-electron chi connectivity index (χ0n) is 8.36. The van der Waals surface area contributed by atoms with Gasteiger partial charge in [-0.25, -0.2) is 0 Å². The van der Waals surface area contributed by atoms with Crippen LogP contribution in [0.2, 0.25) is 0 Å². The summed E-state index contributed by atoms with van der Waals surface area (Å²) in [5.41, 5.74) is 0.892. The van der Waals surface area contributed by atoms with Crippen LogP contribution in [0, 0.1) is 10.7 Å². The van der Waals surface area contributed by atoms with E-state index in [9.17, 15) is 0 Å².